The van der Waals surface area contributed by atoms with Crippen LogP contribution in [0.2, 0.25) is 50.4 Å². The summed E-state index contributed by atoms with van der Waals surface area (Å²) in [6.45, 7) is 1.08. The molecule has 0 heterocycles. The first-order valence-electron chi connectivity index (χ1n) is 13.2. The van der Waals surface area contributed by atoms with Crippen LogP contribution in [-0.4, -0.2) is 108 Å². The summed E-state index contributed by atoms with van der Waals surface area (Å²) in [5.41, 5.74) is 0. The molecule has 0 aromatic carbocycles. The molecule has 41 heavy (non-hydrogen) atoms. The molecule has 0 aromatic heterocycles. The topological polar surface area (TPSA) is 36.9 Å². The first kappa shape index (κ1) is 45.6. The van der Waals surface area contributed by atoms with E-state index in [0.29, 0.717) is 26.4 Å². The third-order valence-electron chi connectivity index (χ3n) is 4.77. The molecule has 0 spiro atoms. The molecule has 0 aliphatic carbocycles. The Bertz CT molecular complexity index is 554. The van der Waals surface area contributed by atoms with Gasteiger partial charge in [-0.1, -0.05) is 0 Å². The third kappa shape index (κ3) is 34.3. The fourth-order valence-corrected chi connectivity index (χ4v) is 20.3. The molecule has 0 atom stereocenters. The van der Waals surface area contributed by atoms with Gasteiger partial charge in [-0.15, -0.1) is 88.6 Å². The van der Waals surface area contributed by atoms with Crippen molar-refractivity contribution in [3.05, 3.63) is 0 Å². The van der Waals surface area contributed by atoms with Crippen molar-refractivity contribution in [1.29, 1.82) is 0 Å². The van der Waals surface area contributed by atoms with Gasteiger partial charge in [-0.05, 0) is 73.4 Å². The lowest BCUT2D eigenvalue weighted by Crippen LogP contribution is -2.51. The van der Waals surface area contributed by atoms with E-state index in [9.17, 15) is 0 Å². The van der Waals surface area contributed by atoms with E-state index in [0.717, 1.165) is 70.2 Å². The van der Waals surface area contributed by atoms with Crippen molar-refractivity contribution in [2.75, 3.05) is 72.5 Å². The van der Waals surface area contributed by atoms with E-state index in [2.05, 4.69) is 0 Å². The van der Waals surface area contributed by atoms with Crippen LogP contribution in [0.5, 0.6) is 0 Å². The van der Waals surface area contributed by atoms with Crippen LogP contribution in [0.25, 0.3) is 0 Å². The molecule has 0 saturated carbocycles. The van der Waals surface area contributed by atoms with E-state index in [-0.39, 0.29) is 0 Å². The Morgan fingerprint density at radius 3 is 0.732 bits per heavy atom. The molecule has 0 saturated heterocycles. The van der Waals surface area contributed by atoms with Crippen molar-refractivity contribution in [2.45, 2.75) is 50.4 Å². The zero-order chi connectivity index (χ0) is 31.5. The van der Waals surface area contributed by atoms with Crippen molar-refractivity contribution in [3.8, 4) is 0 Å². The lowest BCUT2D eigenvalue weighted by atomic mass is 10.9. The van der Waals surface area contributed by atoms with Crippen LogP contribution in [0.3, 0.4) is 0 Å². The summed E-state index contributed by atoms with van der Waals surface area (Å²) >= 11 is 56.9. The fourth-order valence-electron chi connectivity index (χ4n) is 2.57. The molecule has 0 bridgehead atoms. The molecule has 0 N–H and O–H groups in total. The minimum Gasteiger partial charge on any atom is -0.350 e. The molecule has 248 valence electrons. The van der Waals surface area contributed by atoms with Crippen LogP contribution in [0.4, 0.5) is 0 Å². The monoisotopic (exact) mass is 896 g/mol. The average Bonchev–Trinajstić information content (AvgIpc) is 2.80. The Balaban J connectivity index is 5.09. The standard InChI is InChI=1S/C20H44Cl8O4S4Si5/c1-37(21,22)17-13-33-9-5-29-41(30-6-10-34-14-18-38(2,23)24,31-7-11-35-15-19-39(3,25)26)32-8-12-36-16-20-40(4,27)28/h5-20H2,1-4H3. The van der Waals surface area contributed by atoms with Gasteiger partial charge >= 0.3 is 9.05 Å². The number of hydrogen-bond donors (Lipinski definition) is 0. The highest BCUT2D eigenvalue weighted by Gasteiger charge is 2.45. The molecular weight excluding hydrogens is 857 g/mol. The van der Waals surface area contributed by atoms with Gasteiger partial charge in [0.2, 0.25) is 26.8 Å². The molecular formula is C20H44Cl8O4S4Si5. The predicted octanol–water partition coefficient (Wildman–Crippen LogP) is 10.6. The summed E-state index contributed by atoms with van der Waals surface area (Å²) in [7, 11) is -3.41. The van der Waals surface area contributed by atoms with Gasteiger partial charge in [0.1, 0.15) is 0 Å². The number of thioether (sulfide) groups is 4. The van der Waals surface area contributed by atoms with Gasteiger partial charge < -0.3 is 17.7 Å². The summed E-state index contributed by atoms with van der Waals surface area (Å²) in [5.74, 6) is 6.59. The minimum atomic E-state index is -3.41. The zero-order valence-electron chi connectivity index (χ0n) is 24.1. The molecule has 0 unspecified atom stereocenters. The Morgan fingerprint density at radius 2 is 0.561 bits per heavy atom. The van der Waals surface area contributed by atoms with E-state index in [1.54, 1.807) is 47.0 Å². The molecule has 0 aromatic rings. The molecule has 0 aliphatic rings. The highest BCUT2D eigenvalue weighted by Crippen LogP contribution is 2.26. The van der Waals surface area contributed by atoms with E-state index in [1.807, 2.05) is 26.2 Å². The van der Waals surface area contributed by atoms with E-state index >= 15 is 0 Å². The van der Waals surface area contributed by atoms with Crippen molar-refractivity contribution in [2.24, 2.45) is 0 Å². The number of hydrogen-bond acceptors (Lipinski definition) is 8. The molecule has 0 amide bonds. The number of rotatable bonds is 28. The second-order valence-corrected chi connectivity index (χ2v) is 49.6. The van der Waals surface area contributed by atoms with Crippen LogP contribution >= 0.6 is 136 Å². The molecule has 0 radical (unpaired) electrons. The normalized spacial score (nSPS) is 13.8. The summed E-state index contributed by atoms with van der Waals surface area (Å²) in [4.78, 5) is 0. The highest BCUT2D eigenvalue weighted by molar-refractivity contribution is 8.00. The first-order chi connectivity index (χ1) is 18.8. The Hall–Kier alpha value is 4.64. The summed E-state index contributed by atoms with van der Waals surface area (Å²) in [5, 5.41) is 0. The fraction of sp³-hybridized carbons (Fsp3) is 1.00. The van der Waals surface area contributed by atoms with Crippen LogP contribution in [0.15, 0.2) is 0 Å². The van der Waals surface area contributed by atoms with Crippen LogP contribution < -0.4 is 0 Å². The Kier molecular flexibility index (Phi) is 27.5. The van der Waals surface area contributed by atoms with Crippen LogP contribution in [-0.2, 0) is 17.7 Å². The average molecular weight is 901 g/mol. The second-order valence-electron chi connectivity index (χ2n) is 9.62. The summed E-state index contributed by atoms with van der Waals surface area (Å²) < 4.78 is 25.2. The van der Waals surface area contributed by atoms with Crippen molar-refractivity contribution < 1.29 is 17.7 Å². The van der Waals surface area contributed by atoms with Gasteiger partial charge in [-0.3, -0.25) is 0 Å². The largest absolute Gasteiger partial charge is 0.679 e. The highest BCUT2D eigenvalue weighted by atomic mass is 35.7. The smallest absolute Gasteiger partial charge is 0.350 e. The lowest BCUT2D eigenvalue weighted by molar-refractivity contribution is -0.0225. The van der Waals surface area contributed by atoms with Crippen molar-refractivity contribution in [3.63, 3.8) is 0 Å². The SMILES string of the molecule is C[Si](Cl)(Cl)CCSCCO[Si](OCCSCC[Si](C)(Cl)Cl)(OCCSCC[Si](C)(Cl)Cl)OCCSCC[Si](C)(Cl)Cl. The maximum atomic E-state index is 6.31. The third-order valence-corrected chi connectivity index (χ3v) is 21.3. The van der Waals surface area contributed by atoms with Gasteiger partial charge in [0.25, 0.3) is 0 Å². The van der Waals surface area contributed by atoms with E-state index in [4.69, 9.17) is 106 Å². The van der Waals surface area contributed by atoms with Gasteiger partial charge in [-0.2, -0.15) is 47.0 Å². The molecule has 0 rings (SSSR count). The van der Waals surface area contributed by atoms with Gasteiger partial charge in [0, 0.05) is 49.4 Å². The number of halogens is 8. The van der Waals surface area contributed by atoms with Crippen molar-refractivity contribution in [1.82, 2.24) is 0 Å². The summed E-state index contributed by atoms with van der Waals surface area (Å²) in [6, 6.07) is 3.29. The van der Waals surface area contributed by atoms with Crippen molar-refractivity contribution >= 4 is 172 Å². The van der Waals surface area contributed by atoms with Crippen LogP contribution in [0.1, 0.15) is 0 Å². The lowest BCUT2D eigenvalue weighted by Gasteiger charge is -2.28. The van der Waals surface area contributed by atoms with Gasteiger partial charge in [0.15, 0.2) is 0 Å². The molecule has 0 fully saturated rings. The van der Waals surface area contributed by atoms with E-state index in [1.165, 1.54) is 0 Å². The second kappa shape index (κ2) is 24.7. The first-order valence-corrected chi connectivity index (χ1v) is 38.4. The maximum Gasteiger partial charge on any atom is 0.679 e. The maximum absolute atomic E-state index is 6.31. The van der Waals surface area contributed by atoms with E-state index < -0.39 is 35.8 Å². The predicted molar refractivity (Wildman–Crippen MR) is 211 cm³/mol. The zero-order valence-corrected chi connectivity index (χ0v) is 38.4. The van der Waals surface area contributed by atoms with Crippen LogP contribution in [0, 0.1) is 0 Å². The quantitative estimate of drug-likeness (QED) is 0.0437. The minimum absolute atomic E-state index is 0.445. The summed E-state index contributed by atoms with van der Waals surface area (Å²) in [6.07, 6.45) is 0. The molecule has 4 nitrogen and oxygen atoms in total. The molecule has 21 heteroatoms. The van der Waals surface area contributed by atoms with Gasteiger partial charge in [0.05, 0.1) is 0 Å². The molecule has 0 aliphatic heterocycles. The Morgan fingerprint density at radius 1 is 0.366 bits per heavy atom. The Labute approximate surface area is 308 Å². The van der Waals surface area contributed by atoms with Gasteiger partial charge in [-0.25, -0.2) is 0 Å².